The molecule has 0 saturated carbocycles. The molecular formula is C6H6ClNO3S2. The van der Waals surface area contributed by atoms with E-state index < -0.39 is 9.05 Å². The van der Waals surface area contributed by atoms with E-state index in [9.17, 15) is 13.2 Å². The van der Waals surface area contributed by atoms with Crippen molar-refractivity contribution < 1.29 is 13.2 Å². The van der Waals surface area contributed by atoms with Crippen LogP contribution in [-0.4, -0.2) is 21.4 Å². The van der Waals surface area contributed by atoms with Crippen molar-refractivity contribution in [3.63, 3.8) is 0 Å². The molecule has 1 aromatic heterocycles. The Labute approximate surface area is 83.9 Å². The summed E-state index contributed by atoms with van der Waals surface area (Å²) in [5, 5.41) is 3.81. The molecule has 0 fully saturated rings. The molecule has 1 rings (SSSR count). The lowest BCUT2D eigenvalue weighted by atomic mass is 10.3. The first-order valence-electron chi connectivity index (χ1n) is 3.20. The van der Waals surface area contributed by atoms with Gasteiger partial charge in [0.05, 0.1) is 5.56 Å². The van der Waals surface area contributed by atoms with Gasteiger partial charge in [0, 0.05) is 23.1 Å². The van der Waals surface area contributed by atoms with Crippen LogP contribution in [0.15, 0.2) is 15.7 Å². The Hall–Kier alpha value is -0.590. The number of nitrogens with one attached hydrogen (secondary N) is 1. The molecule has 0 spiro atoms. The molecule has 0 radical (unpaired) electrons. The van der Waals surface area contributed by atoms with Crippen molar-refractivity contribution in [3.05, 3.63) is 17.0 Å². The van der Waals surface area contributed by atoms with E-state index in [4.69, 9.17) is 10.7 Å². The summed E-state index contributed by atoms with van der Waals surface area (Å²) < 4.78 is 21.6. The van der Waals surface area contributed by atoms with Crippen LogP contribution in [0.3, 0.4) is 0 Å². The van der Waals surface area contributed by atoms with Gasteiger partial charge < -0.3 is 5.32 Å². The predicted molar refractivity (Wildman–Crippen MR) is 50.7 cm³/mol. The second kappa shape index (κ2) is 3.65. The summed E-state index contributed by atoms with van der Waals surface area (Å²) in [7, 11) is 2.82. The minimum absolute atomic E-state index is 0.0206. The molecular weight excluding hydrogens is 234 g/mol. The Morgan fingerprint density at radius 1 is 1.62 bits per heavy atom. The highest BCUT2D eigenvalue weighted by Gasteiger charge is 2.15. The van der Waals surface area contributed by atoms with Crippen molar-refractivity contribution in [1.82, 2.24) is 5.32 Å². The minimum Gasteiger partial charge on any atom is -0.355 e. The third kappa shape index (κ3) is 2.43. The van der Waals surface area contributed by atoms with E-state index >= 15 is 0 Å². The molecule has 4 nitrogen and oxygen atoms in total. The maximum Gasteiger partial charge on any atom is 0.270 e. The van der Waals surface area contributed by atoms with Crippen LogP contribution in [0, 0.1) is 0 Å². The fourth-order valence-corrected chi connectivity index (χ4v) is 2.65. The zero-order valence-electron chi connectivity index (χ0n) is 6.57. The number of thiophene rings is 1. The molecule has 7 heteroatoms. The van der Waals surface area contributed by atoms with Crippen molar-refractivity contribution in [2.45, 2.75) is 4.21 Å². The van der Waals surface area contributed by atoms with E-state index in [1.54, 1.807) is 0 Å². The van der Waals surface area contributed by atoms with Gasteiger partial charge in [0.2, 0.25) is 0 Å². The van der Waals surface area contributed by atoms with Crippen LogP contribution in [0.5, 0.6) is 0 Å². The van der Waals surface area contributed by atoms with Gasteiger partial charge in [0.1, 0.15) is 4.21 Å². The first-order chi connectivity index (χ1) is 5.95. The number of rotatable bonds is 2. The molecule has 0 bridgehead atoms. The summed E-state index contributed by atoms with van der Waals surface area (Å²) in [5.41, 5.74) is 0.298. The number of amides is 1. The summed E-state index contributed by atoms with van der Waals surface area (Å²) in [6.45, 7) is 0. The van der Waals surface area contributed by atoms with Gasteiger partial charge in [-0.05, 0) is 6.07 Å². The van der Waals surface area contributed by atoms with Crippen LogP contribution >= 0.6 is 22.0 Å². The average Bonchev–Trinajstić information content (AvgIpc) is 2.50. The standard InChI is InChI=1S/C6H6ClNO3S2/c1-8-6(9)4-2-5(12-3-4)13(7,10)11/h2-3H,1H3,(H,8,9). The maximum atomic E-state index is 11.0. The Morgan fingerprint density at radius 2 is 2.23 bits per heavy atom. The van der Waals surface area contributed by atoms with Crippen LogP contribution < -0.4 is 5.32 Å². The van der Waals surface area contributed by atoms with Gasteiger partial charge in [-0.25, -0.2) is 8.42 Å². The van der Waals surface area contributed by atoms with Crippen molar-refractivity contribution in [1.29, 1.82) is 0 Å². The molecule has 1 aromatic rings. The Kier molecular flexibility index (Phi) is 2.94. The van der Waals surface area contributed by atoms with Crippen molar-refractivity contribution in [2.75, 3.05) is 7.05 Å². The van der Waals surface area contributed by atoms with Gasteiger partial charge in [-0.1, -0.05) is 0 Å². The maximum absolute atomic E-state index is 11.0. The summed E-state index contributed by atoms with van der Waals surface area (Å²) >= 11 is 0.919. The number of halogens is 1. The zero-order valence-corrected chi connectivity index (χ0v) is 8.96. The topological polar surface area (TPSA) is 63.2 Å². The molecule has 1 N–H and O–H groups in total. The molecule has 1 heterocycles. The second-order valence-corrected chi connectivity index (χ2v) is 5.88. The third-order valence-corrected chi connectivity index (χ3v) is 4.35. The lowest BCUT2D eigenvalue weighted by Gasteiger charge is -1.91. The Balaban J connectivity index is 3.07. The van der Waals surface area contributed by atoms with E-state index in [-0.39, 0.29) is 10.1 Å². The van der Waals surface area contributed by atoms with Crippen molar-refractivity contribution >= 4 is 37.0 Å². The smallest absolute Gasteiger partial charge is 0.270 e. The quantitative estimate of drug-likeness (QED) is 0.785. The molecule has 0 unspecified atom stereocenters. The molecule has 13 heavy (non-hydrogen) atoms. The van der Waals surface area contributed by atoms with Crippen LogP contribution in [-0.2, 0) is 9.05 Å². The first-order valence-corrected chi connectivity index (χ1v) is 6.39. The van der Waals surface area contributed by atoms with Gasteiger partial charge >= 0.3 is 0 Å². The lowest BCUT2D eigenvalue weighted by molar-refractivity contribution is 0.0963. The van der Waals surface area contributed by atoms with Crippen LogP contribution in [0.25, 0.3) is 0 Å². The van der Waals surface area contributed by atoms with Crippen molar-refractivity contribution in [2.24, 2.45) is 0 Å². The van der Waals surface area contributed by atoms with E-state index in [0.29, 0.717) is 5.56 Å². The average molecular weight is 240 g/mol. The molecule has 0 saturated heterocycles. The normalized spacial score (nSPS) is 11.2. The number of hydrogen-bond acceptors (Lipinski definition) is 4. The molecule has 0 aromatic carbocycles. The van der Waals surface area contributed by atoms with Gasteiger partial charge in [0.25, 0.3) is 15.0 Å². The fraction of sp³-hybridized carbons (Fsp3) is 0.167. The Morgan fingerprint density at radius 3 is 2.62 bits per heavy atom. The van der Waals surface area contributed by atoms with Crippen molar-refractivity contribution in [3.8, 4) is 0 Å². The van der Waals surface area contributed by atoms with Gasteiger partial charge in [-0.15, -0.1) is 11.3 Å². The minimum atomic E-state index is -3.71. The van der Waals surface area contributed by atoms with Crippen LogP contribution in [0.4, 0.5) is 0 Å². The first kappa shape index (κ1) is 10.5. The zero-order chi connectivity index (χ0) is 10.1. The van der Waals surface area contributed by atoms with E-state index in [2.05, 4.69) is 5.32 Å². The van der Waals surface area contributed by atoms with E-state index in [1.165, 1.54) is 18.5 Å². The SMILES string of the molecule is CNC(=O)c1csc(S(=O)(=O)Cl)c1. The molecule has 0 atom stereocenters. The second-order valence-electron chi connectivity index (χ2n) is 2.17. The van der Waals surface area contributed by atoms with E-state index in [0.717, 1.165) is 11.3 Å². The summed E-state index contributed by atoms with van der Waals surface area (Å²) in [6.07, 6.45) is 0. The highest BCUT2D eigenvalue weighted by Crippen LogP contribution is 2.23. The summed E-state index contributed by atoms with van der Waals surface area (Å²) in [5.74, 6) is -0.331. The number of carbonyl (C=O) groups excluding carboxylic acids is 1. The Bertz CT molecular complexity index is 423. The monoisotopic (exact) mass is 239 g/mol. The van der Waals surface area contributed by atoms with Gasteiger partial charge in [-0.3, -0.25) is 4.79 Å². The summed E-state index contributed by atoms with van der Waals surface area (Å²) in [6, 6.07) is 1.24. The summed E-state index contributed by atoms with van der Waals surface area (Å²) in [4.78, 5) is 11.0. The van der Waals surface area contributed by atoms with Gasteiger partial charge in [0.15, 0.2) is 0 Å². The number of carbonyl (C=O) groups is 1. The third-order valence-electron chi connectivity index (χ3n) is 1.30. The lowest BCUT2D eigenvalue weighted by Crippen LogP contribution is -2.16. The van der Waals surface area contributed by atoms with Gasteiger partial charge in [-0.2, -0.15) is 0 Å². The largest absolute Gasteiger partial charge is 0.355 e. The van der Waals surface area contributed by atoms with Crippen LogP contribution in [0.1, 0.15) is 10.4 Å². The highest BCUT2D eigenvalue weighted by atomic mass is 35.7. The molecule has 0 aliphatic heterocycles. The number of hydrogen-bond donors (Lipinski definition) is 1. The van der Waals surface area contributed by atoms with Crippen LogP contribution in [0.2, 0.25) is 0 Å². The molecule has 1 amide bonds. The molecule has 72 valence electrons. The highest BCUT2D eigenvalue weighted by molar-refractivity contribution is 8.15. The molecule has 0 aliphatic carbocycles. The molecule has 0 aliphatic rings. The predicted octanol–water partition coefficient (Wildman–Crippen LogP) is 1.04. The fourth-order valence-electron chi connectivity index (χ4n) is 0.708. The van der Waals surface area contributed by atoms with E-state index in [1.807, 2.05) is 0 Å².